The van der Waals surface area contributed by atoms with Gasteiger partial charge in [-0.05, 0) is 36.4 Å². The molecule has 0 aliphatic carbocycles. The molecule has 2 nitrogen and oxygen atoms in total. The first kappa shape index (κ1) is 13.3. The first-order valence-electron chi connectivity index (χ1n) is 7.30. The Kier molecular flexibility index (Phi) is 3.86. The molecule has 1 saturated heterocycles. The van der Waals surface area contributed by atoms with Crippen molar-refractivity contribution in [2.24, 2.45) is 0 Å². The Hall–Kier alpha value is -1.64. The van der Waals surface area contributed by atoms with Crippen molar-refractivity contribution < 1.29 is 5.11 Å². The van der Waals surface area contributed by atoms with E-state index in [0.29, 0.717) is 5.92 Å². The highest BCUT2D eigenvalue weighted by Crippen LogP contribution is 2.38. The molecule has 1 heterocycles. The fourth-order valence-electron chi connectivity index (χ4n) is 3.28. The van der Waals surface area contributed by atoms with Crippen molar-refractivity contribution in [2.45, 2.75) is 24.3 Å². The molecule has 2 unspecified atom stereocenters. The summed E-state index contributed by atoms with van der Waals surface area (Å²) in [4.78, 5) is 0. The topological polar surface area (TPSA) is 32.3 Å². The molecule has 0 aromatic heterocycles. The molecule has 0 amide bonds. The van der Waals surface area contributed by atoms with Crippen LogP contribution in [0.15, 0.2) is 60.7 Å². The van der Waals surface area contributed by atoms with Gasteiger partial charge in [0.2, 0.25) is 0 Å². The second-order valence-electron chi connectivity index (χ2n) is 5.63. The molecule has 1 fully saturated rings. The second-order valence-corrected chi connectivity index (χ2v) is 5.63. The van der Waals surface area contributed by atoms with Gasteiger partial charge in [-0.2, -0.15) is 0 Å². The second kappa shape index (κ2) is 5.78. The van der Waals surface area contributed by atoms with Crippen LogP contribution in [0.5, 0.6) is 0 Å². The zero-order valence-corrected chi connectivity index (χ0v) is 11.6. The standard InChI is InChI=1S/C18H21NO/c20-14-18(17-9-5-2-6-10-17)13-16(11-12-19-18)15-7-3-1-4-8-15/h1-10,16,19-20H,11-14H2. The fraction of sp³-hybridized carbons (Fsp3) is 0.333. The summed E-state index contributed by atoms with van der Waals surface area (Å²) in [5, 5.41) is 13.5. The van der Waals surface area contributed by atoms with E-state index in [2.05, 4.69) is 47.8 Å². The molecule has 104 valence electrons. The lowest BCUT2D eigenvalue weighted by atomic mass is 9.75. The number of rotatable bonds is 3. The van der Waals surface area contributed by atoms with Gasteiger partial charge in [0.05, 0.1) is 12.1 Å². The zero-order valence-electron chi connectivity index (χ0n) is 11.6. The molecular weight excluding hydrogens is 246 g/mol. The normalized spacial score (nSPS) is 26.4. The summed E-state index contributed by atoms with van der Waals surface area (Å²) >= 11 is 0. The van der Waals surface area contributed by atoms with Gasteiger partial charge in [-0.25, -0.2) is 0 Å². The third-order valence-electron chi connectivity index (χ3n) is 4.42. The summed E-state index contributed by atoms with van der Waals surface area (Å²) in [6, 6.07) is 21.0. The first-order valence-corrected chi connectivity index (χ1v) is 7.30. The number of aliphatic hydroxyl groups is 1. The molecule has 0 radical (unpaired) electrons. The summed E-state index contributed by atoms with van der Waals surface area (Å²) in [5.74, 6) is 0.504. The third-order valence-corrected chi connectivity index (χ3v) is 4.42. The molecule has 1 aliphatic rings. The number of hydrogen-bond donors (Lipinski definition) is 2. The van der Waals surface area contributed by atoms with Crippen molar-refractivity contribution in [3.05, 3.63) is 71.8 Å². The van der Waals surface area contributed by atoms with Gasteiger partial charge in [0, 0.05) is 0 Å². The minimum Gasteiger partial charge on any atom is -0.394 e. The Bertz CT molecular complexity index is 540. The van der Waals surface area contributed by atoms with Crippen molar-refractivity contribution in [1.82, 2.24) is 5.32 Å². The SMILES string of the molecule is OCC1(c2ccccc2)CC(c2ccccc2)CCN1. The summed E-state index contributed by atoms with van der Waals surface area (Å²) in [6.45, 7) is 1.08. The van der Waals surface area contributed by atoms with Crippen molar-refractivity contribution >= 4 is 0 Å². The summed E-state index contributed by atoms with van der Waals surface area (Å²) in [7, 11) is 0. The van der Waals surface area contributed by atoms with Crippen LogP contribution in [0, 0.1) is 0 Å². The van der Waals surface area contributed by atoms with Gasteiger partial charge >= 0.3 is 0 Å². The largest absolute Gasteiger partial charge is 0.394 e. The Morgan fingerprint density at radius 3 is 2.30 bits per heavy atom. The molecule has 0 spiro atoms. The lowest BCUT2D eigenvalue weighted by molar-refractivity contribution is 0.121. The molecule has 0 bridgehead atoms. The van der Waals surface area contributed by atoms with Gasteiger partial charge < -0.3 is 10.4 Å². The molecule has 20 heavy (non-hydrogen) atoms. The highest BCUT2D eigenvalue weighted by molar-refractivity contribution is 5.29. The van der Waals surface area contributed by atoms with E-state index in [-0.39, 0.29) is 12.1 Å². The van der Waals surface area contributed by atoms with Crippen LogP contribution in [0.2, 0.25) is 0 Å². The van der Waals surface area contributed by atoms with E-state index in [1.54, 1.807) is 0 Å². The van der Waals surface area contributed by atoms with Gasteiger partial charge in [-0.15, -0.1) is 0 Å². The molecule has 2 aromatic carbocycles. The maximum Gasteiger partial charge on any atom is 0.0674 e. The summed E-state index contributed by atoms with van der Waals surface area (Å²) in [6.07, 6.45) is 2.07. The van der Waals surface area contributed by atoms with Crippen molar-refractivity contribution in [2.75, 3.05) is 13.2 Å². The van der Waals surface area contributed by atoms with E-state index in [4.69, 9.17) is 0 Å². The van der Waals surface area contributed by atoms with Crippen LogP contribution in [0.1, 0.15) is 29.9 Å². The summed E-state index contributed by atoms with van der Waals surface area (Å²) < 4.78 is 0. The smallest absolute Gasteiger partial charge is 0.0674 e. The van der Waals surface area contributed by atoms with E-state index in [1.165, 1.54) is 11.1 Å². The quantitative estimate of drug-likeness (QED) is 0.896. The number of hydrogen-bond acceptors (Lipinski definition) is 2. The van der Waals surface area contributed by atoms with E-state index in [1.807, 2.05) is 18.2 Å². The number of benzene rings is 2. The van der Waals surface area contributed by atoms with Crippen LogP contribution in [0.25, 0.3) is 0 Å². The van der Waals surface area contributed by atoms with Crippen molar-refractivity contribution in [3.63, 3.8) is 0 Å². The number of nitrogens with one attached hydrogen (secondary N) is 1. The van der Waals surface area contributed by atoms with Gasteiger partial charge in [0.1, 0.15) is 0 Å². The summed E-state index contributed by atoms with van der Waals surface area (Å²) in [5.41, 5.74) is 2.26. The molecule has 2 aromatic rings. The van der Waals surface area contributed by atoms with Gasteiger partial charge in [-0.3, -0.25) is 0 Å². The highest BCUT2D eigenvalue weighted by atomic mass is 16.3. The van der Waals surface area contributed by atoms with Crippen molar-refractivity contribution in [1.29, 1.82) is 0 Å². The zero-order chi connectivity index (χ0) is 13.8. The van der Waals surface area contributed by atoms with E-state index in [9.17, 15) is 5.11 Å². The predicted molar refractivity (Wildman–Crippen MR) is 81.6 cm³/mol. The van der Waals surface area contributed by atoms with E-state index in [0.717, 1.165) is 19.4 Å². The third kappa shape index (κ3) is 2.49. The fourth-order valence-corrected chi connectivity index (χ4v) is 3.28. The Morgan fingerprint density at radius 2 is 1.65 bits per heavy atom. The van der Waals surface area contributed by atoms with E-state index < -0.39 is 0 Å². The minimum atomic E-state index is -0.306. The van der Waals surface area contributed by atoms with Gasteiger partial charge in [0.25, 0.3) is 0 Å². The highest BCUT2D eigenvalue weighted by Gasteiger charge is 2.37. The maximum atomic E-state index is 10.00. The van der Waals surface area contributed by atoms with Gasteiger partial charge in [-0.1, -0.05) is 60.7 Å². The molecule has 0 saturated carbocycles. The molecule has 2 N–H and O–H groups in total. The lowest BCUT2D eigenvalue weighted by Crippen LogP contribution is -2.50. The average molecular weight is 267 g/mol. The molecule has 2 heteroatoms. The monoisotopic (exact) mass is 267 g/mol. The average Bonchev–Trinajstić information content (AvgIpc) is 2.56. The maximum absolute atomic E-state index is 10.00. The Labute approximate surface area is 120 Å². The lowest BCUT2D eigenvalue weighted by Gasteiger charge is -2.41. The van der Waals surface area contributed by atoms with Crippen LogP contribution in [0.3, 0.4) is 0 Å². The van der Waals surface area contributed by atoms with Crippen LogP contribution in [-0.2, 0) is 5.54 Å². The number of piperidine rings is 1. The van der Waals surface area contributed by atoms with Gasteiger partial charge in [0.15, 0.2) is 0 Å². The van der Waals surface area contributed by atoms with Crippen molar-refractivity contribution in [3.8, 4) is 0 Å². The van der Waals surface area contributed by atoms with Crippen LogP contribution in [0.4, 0.5) is 0 Å². The van der Waals surface area contributed by atoms with Crippen LogP contribution < -0.4 is 5.32 Å². The first-order chi connectivity index (χ1) is 9.84. The Morgan fingerprint density at radius 1 is 1.00 bits per heavy atom. The predicted octanol–water partition coefficient (Wildman–Crippen LogP) is 3.04. The minimum absolute atomic E-state index is 0.139. The molecule has 1 aliphatic heterocycles. The van der Waals surface area contributed by atoms with E-state index >= 15 is 0 Å². The Balaban J connectivity index is 1.90. The van der Waals surface area contributed by atoms with Crippen LogP contribution in [-0.4, -0.2) is 18.3 Å². The molecular formula is C18H21NO. The number of aliphatic hydroxyl groups excluding tert-OH is 1. The van der Waals surface area contributed by atoms with Crippen LogP contribution >= 0.6 is 0 Å². The molecule has 3 rings (SSSR count). The molecule has 2 atom stereocenters.